The second-order valence-electron chi connectivity index (χ2n) is 8.60. The summed E-state index contributed by atoms with van der Waals surface area (Å²) in [4.78, 5) is 20.1. The Morgan fingerprint density at radius 2 is 1.73 bits per heavy atom. The Bertz CT molecular complexity index is 1530. The number of ether oxygens (including phenoxy) is 2. The van der Waals surface area contributed by atoms with Crippen molar-refractivity contribution in [1.29, 1.82) is 0 Å². The van der Waals surface area contributed by atoms with Gasteiger partial charge in [-0.05, 0) is 66.6 Å². The van der Waals surface area contributed by atoms with Crippen molar-refractivity contribution in [3.8, 4) is 22.8 Å². The maximum atomic E-state index is 12.4. The third kappa shape index (κ3) is 8.67. The molecule has 3 aromatic carbocycles. The number of thioether (sulfide) groups is 1. The van der Waals surface area contributed by atoms with Gasteiger partial charge in [0, 0.05) is 12.5 Å². The van der Waals surface area contributed by atoms with E-state index in [1.54, 1.807) is 6.21 Å². The summed E-state index contributed by atoms with van der Waals surface area (Å²) >= 11 is 1.21. The van der Waals surface area contributed by atoms with Gasteiger partial charge in [-0.15, -0.1) is 18.3 Å². The van der Waals surface area contributed by atoms with Crippen molar-refractivity contribution in [3.63, 3.8) is 0 Å². The number of benzene rings is 3. The number of hydrogen-bond donors (Lipinski definition) is 1. The van der Waals surface area contributed by atoms with Crippen LogP contribution in [0.3, 0.4) is 0 Å². The molecule has 0 amide bonds. The molecule has 0 aliphatic carbocycles. The molecule has 0 atom stereocenters. The number of esters is 1. The van der Waals surface area contributed by atoms with Crippen LogP contribution in [0.5, 0.6) is 5.75 Å². The topological polar surface area (TPSA) is 103 Å². The summed E-state index contributed by atoms with van der Waals surface area (Å²) in [7, 11) is 0. The fourth-order valence-electron chi connectivity index (χ4n) is 3.54. The average molecular weight is 583 g/mol. The van der Waals surface area contributed by atoms with E-state index in [0.29, 0.717) is 16.7 Å². The molecule has 1 aromatic heterocycles. The molecule has 1 heterocycles. The van der Waals surface area contributed by atoms with E-state index < -0.39 is 6.36 Å². The molecule has 0 saturated carbocycles. The number of hydrazone groups is 1. The van der Waals surface area contributed by atoms with Crippen LogP contribution in [0.1, 0.15) is 23.6 Å². The van der Waals surface area contributed by atoms with Gasteiger partial charge in [0.25, 0.3) is 0 Å². The first-order chi connectivity index (χ1) is 19.6. The zero-order valence-electron chi connectivity index (χ0n) is 22.2. The lowest BCUT2D eigenvalue weighted by Crippen LogP contribution is -2.17. The quantitative estimate of drug-likeness (QED) is 0.0853. The van der Waals surface area contributed by atoms with Crippen molar-refractivity contribution in [3.05, 3.63) is 89.7 Å². The Morgan fingerprint density at radius 1 is 1.05 bits per heavy atom. The molecule has 0 radical (unpaired) electrons. The third-order valence-electron chi connectivity index (χ3n) is 5.48. The van der Waals surface area contributed by atoms with Gasteiger partial charge in [0.15, 0.2) is 11.0 Å². The summed E-state index contributed by atoms with van der Waals surface area (Å²) in [5.41, 5.74) is 7.78. The van der Waals surface area contributed by atoms with Gasteiger partial charge in [-0.2, -0.15) is 5.10 Å². The summed E-state index contributed by atoms with van der Waals surface area (Å²) in [6.45, 7) is 5.27. The Balaban J connectivity index is 1.42. The van der Waals surface area contributed by atoms with E-state index in [1.807, 2.05) is 56.3 Å². The number of nitrogens with one attached hydrogen (secondary N) is 1. The Morgan fingerprint density at radius 3 is 2.37 bits per heavy atom. The highest BCUT2D eigenvalue weighted by Gasteiger charge is 2.31. The number of para-hydroxylation sites is 1. The summed E-state index contributed by atoms with van der Waals surface area (Å²) < 4.78 is 47.5. The van der Waals surface area contributed by atoms with E-state index in [1.165, 1.54) is 54.0 Å². The molecular weight excluding hydrogens is 557 g/mol. The number of carbonyl (C=O) groups is 1. The van der Waals surface area contributed by atoms with Crippen molar-refractivity contribution in [1.82, 2.24) is 20.2 Å². The smallest absolute Gasteiger partial charge is 0.454 e. The van der Waals surface area contributed by atoms with E-state index in [0.717, 1.165) is 27.9 Å². The minimum atomic E-state index is -4.75. The number of rotatable bonds is 8. The normalized spacial score (nSPS) is 12.0. The van der Waals surface area contributed by atoms with Gasteiger partial charge >= 0.3 is 12.3 Å². The van der Waals surface area contributed by atoms with E-state index in [2.05, 4.69) is 30.3 Å². The molecule has 1 N–H and O–H groups in total. The van der Waals surface area contributed by atoms with Crippen LogP contribution >= 0.6 is 11.8 Å². The van der Waals surface area contributed by atoms with E-state index >= 15 is 0 Å². The third-order valence-corrected chi connectivity index (χ3v) is 6.17. The Kier molecular flexibility index (Phi) is 9.40. The number of amidine groups is 1. The molecule has 0 aliphatic rings. The summed E-state index contributed by atoms with van der Waals surface area (Å²) in [5.74, 6) is -0.186. The predicted octanol–water partition coefficient (Wildman–Crippen LogP) is 6.31. The first kappa shape index (κ1) is 29.3. The van der Waals surface area contributed by atoms with Crippen LogP contribution in [-0.4, -0.2) is 44.4 Å². The lowest BCUT2D eigenvalue weighted by Gasteiger charge is -2.09. The highest BCUT2D eigenvalue weighted by molar-refractivity contribution is 8.13. The maximum Gasteiger partial charge on any atom is 0.573 e. The fourth-order valence-corrected chi connectivity index (χ4v) is 4.15. The van der Waals surface area contributed by atoms with Gasteiger partial charge in [0.05, 0.1) is 17.6 Å². The van der Waals surface area contributed by atoms with Crippen molar-refractivity contribution >= 4 is 34.8 Å². The molecule has 0 fully saturated rings. The molecule has 4 aromatic rings. The number of nitrogens with zero attached hydrogens (tertiary/aromatic N) is 5. The minimum absolute atomic E-state index is 0.0848. The maximum absolute atomic E-state index is 12.4. The Labute approximate surface area is 238 Å². The molecule has 9 nitrogen and oxygen atoms in total. The second kappa shape index (κ2) is 13.1. The number of aromatic nitrogens is 3. The number of alkyl halides is 3. The zero-order chi connectivity index (χ0) is 29.4. The average Bonchev–Trinajstić information content (AvgIpc) is 3.41. The van der Waals surface area contributed by atoms with E-state index in [-0.39, 0.29) is 17.7 Å². The van der Waals surface area contributed by atoms with Crippen LogP contribution in [0.4, 0.5) is 18.9 Å². The Hall–Kier alpha value is -4.65. The molecule has 4 rings (SSSR count). The summed E-state index contributed by atoms with van der Waals surface area (Å²) in [6.07, 6.45) is -1.67. The summed E-state index contributed by atoms with van der Waals surface area (Å²) in [6, 6.07) is 18.5. The van der Waals surface area contributed by atoms with Crippen LogP contribution < -0.4 is 10.2 Å². The summed E-state index contributed by atoms with van der Waals surface area (Å²) in [5, 5.41) is 9.16. The van der Waals surface area contributed by atoms with Crippen molar-refractivity contribution in [2.75, 3.05) is 5.94 Å². The molecule has 0 aliphatic heterocycles. The fraction of sp³-hybridized carbons (Fsp3) is 0.179. The van der Waals surface area contributed by atoms with Gasteiger partial charge < -0.3 is 9.47 Å². The van der Waals surface area contributed by atoms with Gasteiger partial charge in [-0.3, -0.25) is 10.2 Å². The number of halogens is 3. The van der Waals surface area contributed by atoms with Gasteiger partial charge in [0.2, 0.25) is 0 Å². The monoisotopic (exact) mass is 582 g/mol. The molecule has 212 valence electrons. The van der Waals surface area contributed by atoms with Crippen LogP contribution in [-0.2, 0) is 9.53 Å². The molecule has 13 heteroatoms. The van der Waals surface area contributed by atoms with Crippen molar-refractivity contribution in [2.45, 2.75) is 27.1 Å². The zero-order valence-corrected chi connectivity index (χ0v) is 23.0. The molecule has 0 saturated heterocycles. The van der Waals surface area contributed by atoms with Gasteiger partial charge in [-0.25, -0.2) is 14.7 Å². The molecule has 0 spiro atoms. The van der Waals surface area contributed by atoms with Crippen molar-refractivity contribution < 1.29 is 27.4 Å². The lowest BCUT2D eigenvalue weighted by atomic mass is 10.1. The SMILES string of the molecule is CC(=O)OCS/C(=N\c1c(C)cccc1C)N/N=C/c1ccc(-c2ncn(-c3ccc(OC(F)(F)F)cc3)n2)cc1. The van der Waals surface area contributed by atoms with Crippen LogP contribution in [0.2, 0.25) is 0 Å². The first-order valence-electron chi connectivity index (χ1n) is 12.2. The molecule has 0 unspecified atom stereocenters. The molecule has 41 heavy (non-hydrogen) atoms. The number of aliphatic imine (C=N–C) groups is 1. The number of aryl methyl sites for hydroxylation is 2. The van der Waals surface area contributed by atoms with Gasteiger partial charge in [0.1, 0.15) is 18.0 Å². The van der Waals surface area contributed by atoms with Crippen LogP contribution in [0.25, 0.3) is 17.1 Å². The van der Waals surface area contributed by atoms with Crippen molar-refractivity contribution in [2.24, 2.45) is 10.1 Å². The first-order valence-corrected chi connectivity index (χ1v) is 13.1. The highest BCUT2D eigenvalue weighted by Crippen LogP contribution is 2.25. The predicted molar refractivity (Wildman–Crippen MR) is 151 cm³/mol. The largest absolute Gasteiger partial charge is 0.573 e. The molecule has 0 bridgehead atoms. The van der Waals surface area contributed by atoms with Crippen LogP contribution in [0.15, 0.2) is 83.2 Å². The number of hydrogen-bond acceptors (Lipinski definition) is 8. The standard InChI is InChI=1S/C28H25F3N6O3S/c1-18-5-4-6-19(2)25(18)34-27(41-17-39-20(3)38)35-33-15-21-7-9-22(10-8-21)26-32-16-37(36-26)23-11-13-24(14-12-23)40-28(29,30)31/h4-16H,17H2,1-3H3,(H,34,35)/b33-15+. The molecular formula is C28H25F3N6O3S. The van der Waals surface area contributed by atoms with Gasteiger partial charge in [-0.1, -0.05) is 42.5 Å². The minimum Gasteiger partial charge on any atom is -0.454 e. The lowest BCUT2D eigenvalue weighted by molar-refractivity contribution is -0.274. The number of carbonyl (C=O) groups excluding carboxylic acids is 1. The van der Waals surface area contributed by atoms with E-state index in [9.17, 15) is 18.0 Å². The van der Waals surface area contributed by atoms with E-state index in [4.69, 9.17) is 4.74 Å². The highest BCUT2D eigenvalue weighted by atomic mass is 32.2. The van der Waals surface area contributed by atoms with Crippen LogP contribution in [0, 0.1) is 13.8 Å². The second-order valence-corrected chi connectivity index (χ2v) is 9.51.